The van der Waals surface area contributed by atoms with Gasteiger partial charge in [0.2, 0.25) is 0 Å². The van der Waals surface area contributed by atoms with Crippen molar-refractivity contribution in [3.8, 4) is 10.4 Å². The SMILES string of the molecule is CC1(C)CN(Cc2ccc(-c3ccccc3)s2)CCC1N. The Labute approximate surface area is 131 Å². The summed E-state index contributed by atoms with van der Waals surface area (Å²) in [5.41, 5.74) is 7.76. The lowest BCUT2D eigenvalue weighted by atomic mass is 9.80. The summed E-state index contributed by atoms with van der Waals surface area (Å²) in [6, 6.07) is 15.5. The molecule has 1 fully saturated rings. The number of likely N-dealkylation sites (tertiary alicyclic amines) is 1. The standard InChI is InChI=1S/C18H24N2S/c1-18(2)13-20(11-10-17(18)19)12-15-8-9-16(21-15)14-6-4-3-5-7-14/h3-9,17H,10-13,19H2,1-2H3. The fourth-order valence-electron chi connectivity index (χ4n) is 3.06. The molecule has 3 heteroatoms. The first-order chi connectivity index (χ1) is 10.0. The molecule has 1 atom stereocenters. The topological polar surface area (TPSA) is 29.3 Å². The second-order valence-electron chi connectivity index (χ2n) is 6.73. The molecular formula is C18H24N2S. The van der Waals surface area contributed by atoms with Crippen LogP contribution in [0.5, 0.6) is 0 Å². The van der Waals surface area contributed by atoms with Crippen molar-refractivity contribution in [2.75, 3.05) is 13.1 Å². The Bertz CT molecular complexity index is 588. The molecule has 1 aromatic heterocycles. The van der Waals surface area contributed by atoms with Crippen molar-refractivity contribution in [1.29, 1.82) is 0 Å². The van der Waals surface area contributed by atoms with Crippen molar-refractivity contribution < 1.29 is 0 Å². The largest absolute Gasteiger partial charge is 0.327 e. The van der Waals surface area contributed by atoms with Gasteiger partial charge in [0.1, 0.15) is 0 Å². The van der Waals surface area contributed by atoms with E-state index in [1.54, 1.807) is 0 Å². The number of hydrogen-bond donors (Lipinski definition) is 1. The number of nitrogens with two attached hydrogens (primary N) is 1. The van der Waals surface area contributed by atoms with Crippen molar-refractivity contribution in [2.45, 2.75) is 32.9 Å². The number of nitrogens with zero attached hydrogens (tertiary/aromatic N) is 1. The van der Waals surface area contributed by atoms with E-state index in [0.717, 1.165) is 26.1 Å². The quantitative estimate of drug-likeness (QED) is 0.929. The third-order valence-corrected chi connectivity index (χ3v) is 5.61. The van der Waals surface area contributed by atoms with Crippen molar-refractivity contribution in [3.63, 3.8) is 0 Å². The molecule has 2 heterocycles. The van der Waals surface area contributed by atoms with Gasteiger partial charge >= 0.3 is 0 Å². The molecule has 1 unspecified atom stereocenters. The van der Waals surface area contributed by atoms with Crippen LogP contribution in [0.2, 0.25) is 0 Å². The Morgan fingerprint density at radius 1 is 1.19 bits per heavy atom. The third-order valence-electron chi connectivity index (χ3n) is 4.49. The molecule has 3 rings (SSSR count). The van der Waals surface area contributed by atoms with Gasteiger partial charge in [0.15, 0.2) is 0 Å². The molecule has 1 aromatic carbocycles. The maximum atomic E-state index is 6.22. The molecule has 0 spiro atoms. The summed E-state index contributed by atoms with van der Waals surface area (Å²) < 4.78 is 0. The van der Waals surface area contributed by atoms with Gasteiger partial charge in [-0.2, -0.15) is 0 Å². The zero-order chi connectivity index (χ0) is 14.9. The first-order valence-electron chi connectivity index (χ1n) is 7.67. The average Bonchev–Trinajstić information content (AvgIpc) is 2.92. The molecule has 2 aromatic rings. The van der Waals surface area contributed by atoms with Crippen molar-refractivity contribution in [1.82, 2.24) is 4.90 Å². The van der Waals surface area contributed by atoms with Crippen LogP contribution in [0.1, 0.15) is 25.1 Å². The van der Waals surface area contributed by atoms with Gasteiger partial charge in [0.05, 0.1) is 0 Å². The maximum Gasteiger partial charge on any atom is 0.0346 e. The predicted octanol–water partition coefficient (Wildman–Crippen LogP) is 3.97. The van der Waals surface area contributed by atoms with E-state index in [9.17, 15) is 0 Å². The lowest BCUT2D eigenvalue weighted by Crippen LogP contribution is -2.51. The highest BCUT2D eigenvalue weighted by Gasteiger charge is 2.33. The molecule has 0 bridgehead atoms. The minimum atomic E-state index is 0.220. The van der Waals surface area contributed by atoms with Crippen LogP contribution in [0.25, 0.3) is 10.4 Å². The van der Waals surface area contributed by atoms with Crippen LogP contribution < -0.4 is 5.73 Å². The molecule has 1 aliphatic rings. The van der Waals surface area contributed by atoms with Gasteiger partial charge in [0.25, 0.3) is 0 Å². The third kappa shape index (κ3) is 3.37. The summed E-state index contributed by atoms with van der Waals surface area (Å²) in [5.74, 6) is 0. The van der Waals surface area contributed by atoms with Crippen LogP contribution >= 0.6 is 11.3 Å². The van der Waals surface area contributed by atoms with E-state index < -0.39 is 0 Å². The molecule has 0 amide bonds. The second-order valence-corrected chi connectivity index (χ2v) is 7.89. The Morgan fingerprint density at radius 3 is 2.67 bits per heavy atom. The highest BCUT2D eigenvalue weighted by Crippen LogP contribution is 2.32. The maximum absolute atomic E-state index is 6.22. The zero-order valence-corrected chi connectivity index (χ0v) is 13.7. The van der Waals surface area contributed by atoms with Crippen LogP contribution in [-0.4, -0.2) is 24.0 Å². The molecule has 112 valence electrons. The highest BCUT2D eigenvalue weighted by molar-refractivity contribution is 7.15. The van der Waals surface area contributed by atoms with Crippen molar-refractivity contribution in [2.24, 2.45) is 11.1 Å². The number of hydrogen-bond acceptors (Lipinski definition) is 3. The summed E-state index contributed by atoms with van der Waals surface area (Å²) in [6.45, 7) is 7.82. The predicted molar refractivity (Wildman–Crippen MR) is 91.4 cm³/mol. The first-order valence-corrected chi connectivity index (χ1v) is 8.48. The monoisotopic (exact) mass is 300 g/mol. The molecule has 1 saturated heterocycles. The number of thiophene rings is 1. The smallest absolute Gasteiger partial charge is 0.0346 e. The Balaban J connectivity index is 1.68. The van der Waals surface area contributed by atoms with Gasteiger partial charge in [-0.1, -0.05) is 44.2 Å². The zero-order valence-electron chi connectivity index (χ0n) is 12.9. The second kappa shape index (κ2) is 5.91. The van der Waals surface area contributed by atoms with E-state index in [-0.39, 0.29) is 5.41 Å². The lowest BCUT2D eigenvalue weighted by Gasteiger charge is -2.42. The Morgan fingerprint density at radius 2 is 1.95 bits per heavy atom. The van der Waals surface area contributed by atoms with Gasteiger partial charge < -0.3 is 5.73 Å². The summed E-state index contributed by atoms with van der Waals surface area (Å²) in [7, 11) is 0. The minimum absolute atomic E-state index is 0.220. The van der Waals surface area contributed by atoms with Crippen LogP contribution in [0.15, 0.2) is 42.5 Å². The molecule has 2 N–H and O–H groups in total. The van der Waals surface area contributed by atoms with E-state index >= 15 is 0 Å². The molecular weight excluding hydrogens is 276 g/mol. The van der Waals surface area contributed by atoms with Crippen LogP contribution in [0.3, 0.4) is 0 Å². The van der Waals surface area contributed by atoms with Gasteiger partial charge in [-0.05, 0) is 29.5 Å². The average molecular weight is 300 g/mol. The number of rotatable bonds is 3. The van der Waals surface area contributed by atoms with E-state index in [4.69, 9.17) is 5.73 Å². The Kier molecular flexibility index (Phi) is 4.16. The molecule has 0 aliphatic carbocycles. The van der Waals surface area contributed by atoms with Crippen molar-refractivity contribution in [3.05, 3.63) is 47.3 Å². The molecule has 21 heavy (non-hydrogen) atoms. The van der Waals surface area contributed by atoms with E-state index in [2.05, 4.69) is 61.2 Å². The van der Waals surface area contributed by atoms with Crippen LogP contribution in [-0.2, 0) is 6.54 Å². The van der Waals surface area contributed by atoms with Crippen molar-refractivity contribution >= 4 is 11.3 Å². The number of benzene rings is 1. The van der Waals surface area contributed by atoms with Gasteiger partial charge in [-0.3, -0.25) is 4.90 Å². The molecule has 0 saturated carbocycles. The van der Waals surface area contributed by atoms with Gasteiger partial charge in [-0.15, -0.1) is 11.3 Å². The summed E-state index contributed by atoms with van der Waals surface area (Å²) >= 11 is 1.91. The fourth-order valence-corrected chi connectivity index (χ4v) is 4.12. The fraction of sp³-hybridized carbons (Fsp3) is 0.444. The normalized spacial score (nSPS) is 22.3. The molecule has 0 radical (unpaired) electrons. The van der Waals surface area contributed by atoms with E-state index in [1.807, 2.05) is 11.3 Å². The van der Waals surface area contributed by atoms with Gasteiger partial charge in [0, 0.05) is 35.4 Å². The molecule has 1 aliphatic heterocycles. The van der Waals surface area contributed by atoms with Gasteiger partial charge in [-0.25, -0.2) is 0 Å². The summed E-state index contributed by atoms with van der Waals surface area (Å²) in [5, 5.41) is 0. The molecule has 2 nitrogen and oxygen atoms in total. The summed E-state index contributed by atoms with van der Waals surface area (Å²) in [6.07, 6.45) is 1.10. The first kappa shape index (κ1) is 14.8. The number of piperidine rings is 1. The van der Waals surface area contributed by atoms with Crippen LogP contribution in [0, 0.1) is 5.41 Å². The van der Waals surface area contributed by atoms with E-state index in [0.29, 0.717) is 6.04 Å². The summed E-state index contributed by atoms with van der Waals surface area (Å²) in [4.78, 5) is 5.35. The van der Waals surface area contributed by atoms with E-state index in [1.165, 1.54) is 15.3 Å². The minimum Gasteiger partial charge on any atom is -0.327 e. The Hall–Kier alpha value is -1.16. The van der Waals surface area contributed by atoms with Crippen LogP contribution in [0.4, 0.5) is 0 Å². The highest BCUT2D eigenvalue weighted by atomic mass is 32.1. The lowest BCUT2D eigenvalue weighted by molar-refractivity contribution is 0.0907.